The first-order valence-electron chi connectivity index (χ1n) is 4.30. The second-order valence-electron chi connectivity index (χ2n) is 2.78. The third kappa shape index (κ3) is 2.49. The van der Waals surface area contributed by atoms with Gasteiger partial charge in [-0.05, 0) is 6.07 Å². The number of hydrogen-bond acceptors (Lipinski definition) is 4. The molecule has 0 fully saturated rings. The van der Waals surface area contributed by atoms with Crippen molar-refractivity contribution in [2.24, 2.45) is 0 Å². The van der Waals surface area contributed by atoms with Gasteiger partial charge in [0.25, 0.3) is 0 Å². The summed E-state index contributed by atoms with van der Waals surface area (Å²) in [6.07, 6.45) is 1.24. The molecule has 0 saturated carbocycles. The third-order valence-electron chi connectivity index (χ3n) is 1.84. The Kier molecular flexibility index (Phi) is 3.74. The van der Waals surface area contributed by atoms with Crippen molar-refractivity contribution in [3.63, 3.8) is 0 Å². The highest BCUT2D eigenvalue weighted by atomic mass is 16.5. The van der Waals surface area contributed by atoms with Gasteiger partial charge in [0.1, 0.15) is 11.3 Å². The summed E-state index contributed by atoms with van der Waals surface area (Å²) < 4.78 is 9.34. The normalized spacial score (nSPS) is 10.9. The third-order valence-corrected chi connectivity index (χ3v) is 1.84. The molecule has 4 nitrogen and oxygen atoms in total. The molecule has 0 amide bonds. The molecule has 1 aromatic carbocycles. The summed E-state index contributed by atoms with van der Waals surface area (Å²) >= 11 is 0. The molecule has 1 rings (SSSR count). The first-order chi connectivity index (χ1) is 7.20. The summed E-state index contributed by atoms with van der Waals surface area (Å²) in [6, 6.07) is 6.47. The number of methoxy groups -OCH3 is 2. The van der Waals surface area contributed by atoms with Crippen molar-refractivity contribution in [3.8, 4) is 5.75 Å². The number of phenolic OH excluding ortho intramolecular Hbond substituents is 1. The Bertz CT molecular complexity index is 382. The molecule has 0 aliphatic carbocycles. The summed E-state index contributed by atoms with van der Waals surface area (Å²) in [6.45, 7) is 0. The standard InChI is InChI=1S/C11H12O4/c1-14-7-9(11(13)15-2)8-5-3-4-6-10(8)12/h3-7,12H,1-2H3/b9-7+. The molecule has 0 spiro atoms. The van der Waals surface area contributed by atoms with Crippen molar-refractivity contribution in [2.45, 2.75) is 0 Å². The summed E-state index contributed by atoms with van der Waals surface area (Å²) in [5.74, 6) is -0.551. The number of aromatic hydroxyl groups is 1. The molecule has 0 bridgehead atoms. The Balaban J connectivity index is 3.17. The number of rotatable bonds is 3. The van der Waals surface area contributed by atoms with Crippen LogP contribution in [0.15, 0.2) is 30.5 Å². The lowest BCUT2D eigenvalue weighted by Crippen LogP contribution is -2.04. The van der Waals surface area contributed by atoms with E-state index in [0.717, 1.165) is 0 Å². The van der Waals surface area contributed by atoms with E-state index >= 15 is 0 Å². The zero-order valence-corrected chi connectivity index (χ0v) is 8.56. The Morgan fingerprint density at radius 2 is 2.00 bits per heavy atom. The van der Waals surface area contributed by atoms with Crippen molar-refractivity contribution < 1.29 is 19.4 Å². The average Bonchev–Trinajstić information content (AvgIpc) is 2.26. The van der Waals surface area contributed by atoms with Gasteiger partial charge in [0, 0.05) is 5.56 Å². The quantitative estimate of drug-likeness (QED) is 0.465. The van der Waals surface area contributed by atoms with Crippen LogP contribution in [0.5, 0.6) is 5.75 Å². The van der Waals surface area contributed by atoms with Gasteiger partial charge in [0.2, 0.25) is 0 Å². The minimum Gasteiger partial charge on any atom is -0.507 e. The van der Waals surface area contributed by atoms with Gasteiger partial charge in [0.05, 0.1) is 20.5 Å². The van der Waals surface area contributed by atoms with E-state index in [0.29, 0.717) is 5.56 Å². The molecule has 0 aromatic heterocycles. The van der Waals surface area contributed by atoms with Crippen molar-refractivity contribution in [1.29, 1.82) is 0 Å². The largest absolute Gasteiger partial charge is 0.507 e. The maximum Gasteiger partial charge on any atom is 0.341 e. The molecule has 0 aliphatic rings. The number of ether oxygens (including phenoxy) is 2. The van der Waals surface area contributed by atoms with E-state index in [4.69, 9.17) is 4.74 Å². The summed E-state index contributed by atoms with van der Waals surface area (Å²) in [4.78, 5) is 11.4. The van der Waals surface area contributed by atoms with Crippen molar-refractivity contribution in [3.05, 3.63) is 36.1 Å². The van der Waals surface area contributed by atoms with E-state index in [1.807, 2.05) is 0 Å². The van der Waals surface area contributed by atoms with Crippen LogP contribution in [0.2, 0.25) is 0 Å². The summed E-state index contributed by atoms with van der Waals surface area (Å²) in [5.41, 5.74) is 0.560. The minimum absolute atomic E-state index is 0.00574. The van der Waals surface area contributed by atoms with Gasteiger partial charge >= 0.3 is 5.97 Å². The number of phenols is 1. The zero-order valence-electron chi connectivity index (χ0n) is 8.56. The van der Waals surface area contributed by atoms with E-state index in [-0.39, 0.29) is 11.3 Å². The molecule has 0 unspecified atom stereocenters. The van der Waals surface area contributed by atoms with Crippen LogP contribution >= 0.6 is 0 Å². The number of carbonyl (C=O) groups excluding carboxylic acids is 1. The highest BCUT2D eigenvalue weighted by molar-refractivity contribution is 6.16. The van der Waals surface area contributed by atoms with Crippen molar-refractivity contribution in [1.82, 2.24) is 0 Å². The second kappa shape index (κ2) is 5.05. The van der Waals surface area contributed by atoms with Crippen LogP contribution in [0.1, 0.15) is 5.56 Å². The van der Waals surface area contributed by atoms with E-state index < -0.39 is 5.97 Å². The van der Waals surface area contributed by atoms with Crippen molar-refractivity contribution in [2.75, 3.05) is 14.2 Å². The van der Waals surface area contributed by atoms with Gasteiger partial charge in [0.15, 0.2) is 0 Å². The van der Waals surface area contributed by atoms with Gasteiger partial charge < -0.3 is 14.6 Å². The maximum atomic E-state index is 11.4. The Hall–Kier alpha value is -1.97. The second-order valence-corrected chi connectivity index (χ2v) is 2.78. The zero-order chi connectivity index (χ0) is 11.3. The van der Waals surface area contributed by atoms with E-state index in [2.05, 4.69) is 4.74 Å². The number of benzene rings is 1. The smallest absolute Gasteiger partial charge is 0.341 e. The van der Waals surface area contributed by atoms with Crippen LogP contribution in [-0.4, -0.2) is 25.3 Å². The molecule has 0 saturated heterocycles. The van der Waals surface area contributed by atoms with Gasteiger partial charge in [-0.3, -0.25) is 0 Å². The lowest BCUT2D eigenvalue weighted by Gasteiger charge is -2.06. The topological polar surface area (TPSA) is 55.8 Å². The van der Waals surface area contributed by atoms with Gasteiger partial charge in [-0.1, -0.05) is 18.2 Å². The Morgan fingerprint density at radius 3 is 2.53 bits per heavy atom. The fraction of sp³-hybridized carbons (Fsp3) is 0.182. The lowest BCUT2D eigenvalue weighted by atomic mass is 10.1. The van der Waals surface area contributed by atoms with Crippen LogP contribution in [0.3, 0.4) is 0 Å². The molecule has 15 heavy (non-hydrogen) atoms. The fourth-order valence-electron chi connectivity index (χ4n) is 1.15. The summed E-state index contributed by atoms with van der Waals surface area (Å²) in [5, 5.41) is 9.55. The van der Waals surface area contributed by atoms with Gasteiger partial charge in [-0.15, -0.1) is 0 Å². The minimum atomic E-state index is -0.557. The number of hydrogen-bond donors (Lipinski definition) is 1. The van der Waals surface area contributed by atoms with Crippen molar-refractivity contribution >= 4 is 11.5 Å². The molecule has 0 heterocycles. The van der Waals surface area contributed by atoms with E-state index in [1.54, 1.807) is 18.2 Å². The summed E-state index contributed by atoms with van der Waals surface area (Å²) in [7, 11) is 2.69. The first-order valence-corrected chi connectivity index (χ1v) is 4.30. The molecular weight excluding hydrogens is 196 g/mol. The number of para-hydroxylation sites is 1. The molecule has 1 N–H and O–H groups in total. The van der Waals surface area contributed by atoms with Crippen LogP contribution in [0, 0.1) is 0 Å². The Morgan fingerprint density at radius 1 is 1.33 bits per heavy atom. The molecule has 0 radical (unpaired) electrons. The Labute approximate surface area is 87.7 Å². The highest BCUT2D eigenvalue weighted by Crippen LogP contribution is 2.25. The first kappa shape index (κ1) is 11.1. The number of carbonyl (C=O) groups is 1. The molecular formula is C11H12O4. The van der Waals surface area contributed by atoms with E-state index in [9.17, 15) is 9.90 Å². The molecule has 0 aliphatic heterocycles. The monoisotopic (exact) mass is 208 g/mol. The molecule has 1 aromatic rings. The van der Waals surface area contributed by atoms with Crippen LogP contribution in [0.4, 0.5) is 0 Å². The average molecular weight is 208 g/mol. The lowest BCUT2D eigenvalue weighted by molar-refractivity contribution is -0.133. The number of esters is 1. The van der Waals surface area contributed by atoms with Gasteiger partial charge in [-0.25, -0.2) is 4.79 Å². The molecule has 4 heteroatoms. The van der Waals surface area contributed by atoms with Crippen LogP contribution in [-0.2, 0) is 14.3 Å². The highest BCUT2D eigenvalue weighted by Gasteiger charge is 2.15. The van der Waals surface area contributed by atoms with Crippen LogP contribution in [0.25, 0.3) is 5.57 Å². The van der Waals surface area contributed by atoms with Gasteiger partial charge in [-0.2, -0.15) is 0 Å². The maximum absolute atomic E-state index is 11.4. The van der Waals surface area contributed by atoms with E-state index in [1.165, 1.54) is 26.5 Å². The predicted octanol–water partition coefficient (Wildman–Crippen LogP) is 1.55. The van der Waals surface area contributed by atoms with Crippen LogP contribution < -0.4 is 0 Å². The predicted molar refractivity (Wildman–Crippen MR) is 55.1 cm³/mol. The SMILES string of the molecule is CO/C=C(/C(=O)OC)c1ccccc1O. The molecule has 80 valence electrons. The fourth-order valence-corrected chi connectivity index (χ4v) is 1.15. The molecule has 0 atom stereocenters.